The van der Waals surface area contributed by atoms with Crippen molar-refractivity contribution in [1.82, 2.24) is 9.97 Å². The molecule has 0 saturated carbocycles. The molecule has 1 N–H and O–H groups in total. The van der Waals surface area contributed by atoms with Crippen LogP contribution in [-0.2, 0) is 4.74 Å². The normalized spacial score (nSPS) is 10.8. The van der Waals surface area contributed by atoms with Gasteiger partial charge in [-0.2, -0.15) is 0 Å². The van der Waals surface area contributed by atoms with Gasteiger partial charge in [0.05, 0.1) is 23.9 Å². The first-order chi connectivity index (χ1) is 17.0. The molecule has 6 nitrogen and oxygen atoms in total. The van der Waals surface area contributed by atoms with E-state index in [1.54, 1.807) is 24.5 Å². The van der Waals surface area contributed by atoms with Crippen molar-refractivity contribution in [3.05, 3.63) is 100 Å². The van der Waals surface area contributed by atoms with E-state index in [0.717, 1.165) is 15.6 Å². The maximum absolute atomic E-state index is 13.6. The Morgan fingerprint density at radius 1 is 1.00 bits per heavy atom. The number of anilines is 1. The minimum Gasteiger partial charge on any atom is -0.465 e. The van der Waals surface area contributed by atoms with Crippen molar-refractivity contribution in [3.63, 3.8) is 0 Å². The number of aromatic nitrogens is 2. The summed E-state index contributed by atoms with van der Waals surface area (Å²) in [6.07, 6.45) is 3.33. The first-order valence-electron chi connectivity index (χ1n) is 10.6. The van der Waals surface area contributed by atoms with E-state index in [4.69, 9.17) is 9.72 Å². The van der Waals surface area contributed by atoms with Crippen molar-refractivity contribution >= 4 is 55.0 Å². The van der Waals surface area contributed by atoms with E-state index in [9.17, 15) is 9.59 Å². The Kier molecular flexibility index (Phi) is 6.39. The maximum Gasteiger partial charge on any atom is 0.341 e. The Labute approximate surface area is 213 Å². The Morgan fingerprint density at radius 3 is 2.54 bits per heavy atom. The Morgan fingerprint density at radius 2 is 1.80 bits per heavy atom. The molecule has 8 heteroatoms. The van der Waals surface area contributed by atoms with Gasteiger partial charge in [-0.05, 0) is 30.3 Å². The van der Waals surface area contributed by atoms with E-state index >= 15 is 0 Å². The number of carbonyl (C=O) groups excluding carboxylic acids is 2. The molecule has 3 heterocycles. The van der Waals surface area contributed by atoms with Crippen LogP contribution in [0.1, 0.15) is 20.7 Å². The fourth-order valence-corrected chi connectivity index (χ4v) is 5.12. The molecule has 172 valence electrons. The monoisotopic (exact) mass is 543 g/mol. The largest absolute Gasteiger partial charge is 0.465 e. The number of nitrogens with zero attached hydrogens (tertiary/aromatic N) is 2. The van der Waals surface area contributed by atoms with E-state index in [2.05, 4.69) is 26.2 Å². The highest BCUT2D eigenvalue weighted by molar-refractivity contribution is 9.10. The standard InChI is InChI=1S/C27H18BrN3O3S/c1-34-27(33)24-21(17-8-5-11-29-14-17)15-35-26(24)31-25(32)20-13-23(16-6-3-2-4-7-16)30-22-10-9-18(28)12-19(20)22/h2-15H,1H3,(H,31,32). The summed E-state index contributed by atoms with van der Waals surface area (Å²) in [7, 11) is 1.32. The minimum absolute atomic E-state index is 0.293. The lowest BCUT2D eigenvalue weighted by Gasteiger charge is -2.12. The van der Waals surface area contributed by atoms with E-state index in [1.165, 1.54) is 18.4 Å². The van der Waals surface area contributed by atoms with Crippen molar-refractivity contribution in [2.75, 3.05) is 12.4 Å². The number of thiophene rings is 1. The van der Waals surface area contributed by atoms with Crippen LogP contribution in [0.4, 0.5) is 5.00 Å². The van der Waals surface area contributed by atoms with Crippen molar-refractivity contribution in [2.24, 2.45) is 0 Å². The molecule has 0 radical (unpaired) electrons. The molecule has 0 unspecified atom stereocenters. The summed E-state index contributed by atoms with van der Waals surface area (Å²) < 4.78 is 5.86. The van der Waals surface area contributed by atoms with E-state index in [-0.39, 0.29) is 5.91 Å². The molecule has 0 saturated heterocycles. The van der Waals surface area contributed by atoms with Crippen LogP contribution < -0.4 is 5.32 Å². The average molecular weight is 544 g/mol. The highest BCUT2D eigenvalue weighted by atomic mass is 79.9. The van der Waals surface area contributed by atoms with Crippen molar-refractivity contribution in [1.29, 1.82) is 0 Å². The highest BCUT2D eigenvalue weighted by Crippen LogP contribution is 2.37. The maximum atomic E-state index is 13.6. The minimum atomic E-state index is -0.535. The fourth-order valence-electron chi connectivity index (χ4n) is 3.80. The van der Waals surface area contributed by atoms with Crippen molar-refractivity contribution in [2.45, 2.75) is 0 Å². The fraction of sp³-hybridized carbons (Fsp3) is 0.0370. The molecule has 5 aromatic rings. The third kappa shape index (κ3) is 4.58. The molecule has 5 rings (SSSR count). The number of hydrogen-bond acceptors (Lipinski definition) is 6. The van der Waals surface area contributed by atoms with Gasteiger partial charge >= 0.3 is 5.97 Å². The smallest absolute Gasteiger partial charge is 0.341 e. The summed E-state index contributed by atoms with van der Waals surface area (Å²) in [5, 5.41) is 5.85. The van der Waals surface area contributed by atoms with E-state index in [1.807, 2.05) is 60.0 Å². The molecule has 0 spiro atoms. The lowest BCUT2D eigenvalue weighted by Crippen LogP contribution is -2.15. The number of halogens is 1. The first-order valence-corrected chi connectivity index (χ1v) is 12.3. The zero-order chi connectivity index (χ0) is 24.4. The number of carbonyl (C=O) groups is 2. The van der Waals surface area contributed by atoms with Gasteiger partial charge in [0.1, 0.15) is 10.6 Å². The Hall–Kier alpha value is -3.88. The molecule has 1 amide bonds. The van der Waals surface area contributed by atoms with Crippen LogP contribution in [0, 0.1) is 0 Å². The van der Waals surface area contributed by atoms with Gasteiger partial charge in [-0.1, -0.05) is 52.3 Å². The van der Waals surface area contributed by atoms with Gasteiger partial charge in [0, 0.05) is 44.3 Å². The number of ether oxygens (including phenoxy) is 1. The molecule has 35 heavy (non-hydrogen) atoms. The SMILES string of the molecule is COC(=O)c1c(-c2cccnc2)csc1NC(=O)c1cc(-c2ccccc2)nc2ccc(Br)cc12. The summed E-state index contributed by atoms with van der Waals surface area (Å²) in [4.78, 5) is 35.2. The molecule has 0 atom stereocenters. The summed E-state index contributed by atoms with van der Waals surface area (Å²) in [6, 6.07) is 20.7. The number of nitrogens with one attached hydrogen (secondary N) is 1. The number of rotatable bonds is 5. The van der Waals surface area contributed by atoms with Crippen LogP contribution in [0.3, 0.4) is 0 Å². The average Bonchev–Trinajstić information content (AvgIpc) is 3.32. The predicted molar refractivity (Wildman–Crippen MR) is 142 cm³/mol. The van der Waals surface area contributed by atoms with Gasteiger partial charge in [-0.25, -0.2) is 9.78 Å². The number of pyridine rings is 2. The van der Waals surface area contributed by atoms with Crippen LogP contribution in [0.25, 0.3) is 33.3 Å². The third-order valence-corrected chi connectivity index (χ3v) is 6.85. The number of benzene rings is 2. The third-order valence-electron chi connectivity index (χ3n) is 5.47. The number of amides is 1. The van der Waals surface area contributed by atoms with E-state index in [0.29, 0.717) is 38.3 Å². The van der Waals surface area contributed by atoms with Crippen LogP contribution in [0.15, 0.2) is 89.0 Å². The summed E-state index contributed by atoms with van der Waals surface area (Å²) in [6.45, 7) is 0. The second-order valence-electron chi connectivity index (χ2n) is 7.62. The second kappa shape index (κ2) is 9.77. The van der Waals surface area contributed by atoms with Crippen LogP contribution in [0.5, 0.6) is 0 Å². The zero-order valence-corrected chi connectivity index (χ0v) is 20.9. The molecule has 0 bridgehead atoms. The lowest BCUT2D eigenvalue weighted by atomic mass is 10.0. The van der Waals surface area contributed by atoms with Gasteiger partial charge in [0.2, 0.25) is 0 Å². The van der Waals surface area contributed by atoms with Gasteiger partial charge in [0.15, 0.2) is 0 Å². The molecule has 0 aliphatic carbocycles. The van der Waals surface area contributed by atoms with Crippen LogP contribution >= 0.6 is 27.3 Å². The Balaban J connectivity index is 1.61. The highest BCUT2D eigenvalue weighted by Gasteiger charge is 2.24. The molecular weight excluding hydrogens is 526 g/mol. The van der Waals surface area contributed by atoms with Gasteiger partial charge in [-0.3, -0.25) is 9.78 Å². The van der Waals surface area contributed by atoms with Crippen LogP contribution in [0.2, 0.25) is 0 Å². The van der Waals surface area contributed by atoms with Crippen molar-refractivity contribution < 1.29 is 14.3 Å². The number of methoxy groups -OCH3 is 1. The summed E-state index contributed by atoms with van der Waals surface area (Å²) >= 11 is 4.75. The number of esters is 1. The number of hydrogen-bond donors (Lipinski definition) is 1. The number of fused-ring (bicyclic) bond motifs is 1. The molecule has 2 aromatic carbocycles. The van der Waals surface area contributed by atoms with Gasteiger partial charge in [-0.15, -0.1) is 11.3 Å². The summed E-state index contributed by atoms with van der Waals surface area (Å²) in [5.41, 5.74) is 4.42. The molecule has 0 fully saturated rings. The van der Waals surface area contributed by atoms with Crippen molar-refractivity contribution in [3.8, 4) is 22.4 Å². The Bertz CT molecular complexity index is 1550. The summed E-state index contributed by atoms with van der Waals surface area (Å²) in [5.74, 6) is -0.884. The predicted octanol–water partition coefficient (Wildman–Crippen LogP) is 6.83. The molecule has 3 aromatic heterocycles. The molecular formula is C27H18BrN3O3S. The van der Waals surface area contributed by atoms with E-state index < -0.39 is 5.97 Å². The molecule has 0 aliphatic rings. The second-order valence-corrected chi connectivity index (χ2v) is 9.42. The first kappa shape index (κ1) is 22.9. The van der Waals surface area contributed by atoms with Crippen LogP contribution in [-0.4, -0.2) is 29.0 Å². The topological polar surface area (TPSA) is 81.2 Å². The quantitative estimate of drug-likeness (QED) is 0.246. The zero-order valence-electron chi connectivity index (χ0n) is 18.5. The lowest BCUT2D eigenvalue weighted by molar-refractivity contribution is 0.0603. The van der Waals surface area contributed by atoms with Gasteiger partial charge in [0.25, 0.3) is 5.91 Å². The van der Waals surface area contributed by atoms with Gasteiger partial charge < -0.3 is 10.1 Å². The molecule has 0 aliphatic heterocycles.